The Kier molecular flexibility index (Phi) is 3.96. The molecule has 1 saturated heterocycles. The van der Waals surface area contributed by atoms with Crippen molar-refractivity contribution in [2.75, 3.05) is 31.2 Å². The average Bonchev–Trinajstić information content (AvgIpc) is 2.39. The lowest BCUT2D eigenvalue weighted by Gasteiger charge is -2.37. The molecule has 18 heavy (non-hydrogen) atoms. The van der Waals surface area contributed by atoms with Crippen LogP contribution >= 0.6 is 0 Å². The first-order valence-corrected chi connectivity index (χ1v) is 6.95. The molecule has 0 radical (unpaired) electrons. The van der Waals surface area contributed by atoms with Gasteiger partial charge in [0.25, 0.3) is 0 Å². The summed E-state index contributed by atoms with van der Waals surface area (Å²) in [6, 6.07) is 8.84. The molecular weight excluding hydrogens is 222 g/mol. The van der Waals surface area contributed by atoms with E-state index in [1.165, 1.54) is 11.3 Å². The van der Waals surface area contributed by atoms with Gasteiger partial charge in [0.1, 0.15) is 0 Å². The minimum Gasteiger partial charge on any atom is -0.378 e. The van der Waals surface area contributed by atoms with Crippen molar-refractivity contribution in [3.05, 3.63) is 29.8 Å². The van der Waals surface area contributed by atoms with Crippen LogP contribution in [-0.2, 0) is 10.2 Å². The first kappa shape index (κ1) is 13.4. The Morgan fingerprint density at radius 1 is 1.11 bits per heavy atom. The molecule has 0 amide bonds. The highest BCUT2D eigenvalue weighted by Gasteiger charge is 2.28. The average molecular weight is 247 g/mol. The number of anilines is 1. The van der Waals surface area contributed by atoms with E-state index in [2.05, 4.69) is 56.9 Å². The predicted octanol–water partition coefficient (Wildman–Crippen LogP) is 3.46. The summed E-state index contributed by atoms with van der Waals surface area (Å²) < 4.78 is 5.45. The summed E-state index contributed by atoms with van der Waals surface area (Å²) in [6.07, 6.45) is 0. The summed E-state index contributed by atoms with van der Waals surface area (Å²) in [5, 5.41) is 0. The van der Waals surface area contributed by atoms with E-state index in [1.807, 2.05) is 0 Å². The second-order valence-corrected chi connectivity index (χ2v) is 5.99. The van der Waals surface area contributed by atoms with Crippen molar-refractivity contribution in [3.63, 3.8) is 0 Å². The van der Waals surface area contributed by atoms with E-state index in [0.717, 1.165) is 26.3 Å². The quantitative estimate of drug-likeness (QED) is 0.811. The molecule has 100 valence electrons. The first-order valence-electron chi connectivity index (χ1n) is 6.95. The molecule has 1 aliphatic rings. The van der Waals surface area contributed by atoms with Crippen LogP contribution in [0.4, 0.5) is 5.69 Å². The van der Waals surface area contributed by atoms with Crippen molar-refractivity contribution >= 4 is 5.69 Å². The van der Waals surface area contributed by atoms with Crippen LogP contribution in [0.25, 0.3) is 0 Å². The van der Waals surface area contributed by atoms with Crippen molar-refractivity contribution in [1.29, 1.82) is 0 Å². The van der Waals surface area contributed by atoms with Crippen LogP contribution in [0.15, 0.2) is 24.3 Å². The fraction of sp³-hybridized carbons (Fsp3) is 0.625. The van der Waals surface area contributed by atoms with E-state index in [0.29, 0.717) is 5.92 Å². The Balaban J connectivity index is 2.36. The minimum absolute atomic E-state index is 0.203. The lowest BCUT2D eigenvalue weighted by molar-refractivity contribution is 0.122. The highest BCUT2D eigenvalue weighted by atomic mass is 16.5. The van der Waals surface area contributed by atoms with E-state index >= 15 is 0 Å². The zero-order chi connectivity index (χ0) is 13.2. The van der Waals surface area contributed by atoms with Crippen molar-refractivity contribution in [3.8, 4) is 0 Å². The van der Waals surface area contributed by atoms with Crippen molar-refractivity contribution in [2.45, 2.75) is 33.1 Å². The Hall–Kier alpha value is -1.02. The van der Waals surface area contributed by atoms with Crippen LogP contribution in [0.5, 0.6) is 0 Å². The summed E-state index contributed by atoms with van der Waals surface area (Å²) in [6.45, 7) is 13.0. The van der Waals surface area contributed by atoms with Gasteiger partial charge in [-0.2, -0.15) is 0 Å². The number of para-hydroxylation sites is 1. The molecule has 1 fully saturated rings. The number of hydrogen-bond donors (Lipinski definition) is 0. The molecule has 2 heteroatoms. The number of morpholine rings is 1. The molecule has 2 rings (SSSR count). The largest absolute Gasteiger partial charge is 0.378 e. The van der Waals surface area contributed by atoms with Crippen molar-refractivity contribution < 1.29 is 4.74 Å². The predicted molar refractivity (Wildman–Crippen MR) is 77.3 cm³/mol. The lowest BCUT2D eigenvalue weighted by Crippen LogP contribution is -2.38. The third-order valence-electron chi connectivity index (χ3n) is 4.39. The van der Waals surface area contributed by atoms with E-state index < -0.39 is 0 Å². The van der Waals surface area contributed by atoms with Gasteiger partial charge in [-0.15, -0.1) is 0 Å². The third kappa shape index (κ3) is 2.54. The van der Waals surface area contributed by atoms with Gasteiger partial charge in [-0.3, -0.25) is 0 Å². The van der Waals surface area contributed by atoms with Gasteiger partial charge in [0.2, 0.25) is 0 Å². The Morgan fingerprint density at radius 2 is 1.72 bits per heavy atom. The maximum absolute atomic E-state index is 5.45. The SMILES string of the molecule is CC(C)C(C)(C)c1ccccc1N1CCOCC1. The number of ether oxygens (including phenoxy) is 1. The summed E-state index contributed by atoms with van der Waals surface area (Å²) in [4.78, 5) is 2.46. The summed E-state index contributed by atoms with van der Waals surface area (Å²) in [7, 11) is 0. The standard InChI is InChI=1S/C16H25NO/c1-13(2)16(3,4)14-7-5-6-8-15(14)17-9-11-18-12-10-17/h5-8,13H,9-12H2,1-4H3. The summed E-state index contributed by atoms with van der Waals surface area (Å²) in [5.74, 6) is 0.625. The maximum Gasteiger partial charge on any atom is 0.0642 e. The zero-order valence-electron chi connectivity index (χ0n) is 12.1. The van der Waals surface area contributed by atoms with Gasteiger partial charge in [0, 0.05) is 18.8 Å². The van der Waals surface area contributed by atoms with Gasteiger partial charge in [-0.25, -0.2) is 0 Å². The highest BCUT2D eigenvalue weighted by Crippen LogP contribution is 2.37. The van der Waals surface area contributed by atoms with Gasteiger partial charge >= 0.3 is 0 Å². The second kappa shape index (κ2) is 5.31. The highest BCUT2D eigenvalue weighted by molar-refractivity contribution is 5.57. The molecular formula is C16H25NO. The zero-order valence-corrected chi connectivity index (χ0v) is 12.1. The second-order valence-electron chi connectivity index (χ2n) is 5.99. The molecule has 1 heterocycles. The monoisotopic (exact) mass is 247 g/mol. The van der Waals surface area contributed by atoms with Crippen LogP contribution in [0, 0.1) is 5.92 Å². The van der Waals surface area contributed by atoms with Gasteiger partial charge in [-0.1, -0.05) is 45.9 Å². The Labute approximate surface area is 111 Å². The Bertz CT molecular complexity index is 392. The minimum atomic E-state index is 0.203. The first-order chi connectivity index (χ1) is 8.53. The van der Waals surface area contributed by atoms with E-state index in [-0.39, 0.29) is 5.41 Å². The molecule has 0 bridgehead atoms. The molecule has 0 aliphatic carbocycles. The fourth-order valence-corrected chi connectivity index (χ4v) is 2.41. The number of rotatable bonds is 3. The number of hydrogen-bond acceptors (Lipinski definition) is 2. The molecule has 0 saturated carbocycles. The molecule has 0 spiro atoms. The van der Waals surface area contributed by atoms with Crippen LogP contribution in [0.2, 0.25) is 0 Å². The van der Waals surface area contributed by atoms with Gasteiger partial charge in [0.15, 0.2) is 0 Å². The lowest BCUT2D eigenvalue weighted by atomic mass is 9.74. The maximum atomic E-state index is 5.45. The number of benzene rings is 1. The van der Waals surface area contributed by atoms with E-state index in [1.54, 1.807) is 0 Å². The Morgan fingerprint density at radius 3 is 2.33 bits per heavy atom. The van der Waals surface area contributed by atoms with Gasteiger partial charge < -0.3 is 9.64 Å². The molecule has 0 aromatic heterocycles. The van der Waals surface area contributed by atoms with Crippen LogP contribution in [-0.4, -0.2) is 26.3 Å². The molecule has 0 N–H and O–H groups in total. The smallest absolute Gasteiger partial charge is 0.0642 e. The fourth-order valence-electron chi connectivity index (χ4n) is 2.41. The normalized spacial score (nSPS) is 17.3. The van der Waals surface area contributed by atoms with Crippen molar-refractivity contribution in [1.82, 2.24) is 0 Å². The van der Waals surface area contributed by atoms with Crippen LogP contribution in [0.1, 0.15) is 33.3 Å². The molecule has 2 nitrogen and oxygen atoms in total. The van der Waals surface area contributed by atoms with E-state index in [9.17, 15) is 0 Å². The van der Waals surface area contributed by atoms with E-state index in [4.69, 9.17) is 4.74 Å². The molecule has 1 aromatic carbocycles. The number of nitrogens with zero attached hydrogens (tertiary/aromatic N) is 1. The summed E-state index contributed by atoms with van der Waals surface area (Å²) in [5.41, 5.74) is 3.05. The van der Waals surface area contributed by atoms with Crippen molar-refractivity contribution in [2.24, 2.45) is 5.92 Å². The molecule has 0 unspecified atom stereocenters. The molecule has 0 atom stereocenters. The van der Waals surface area contributed by atoms with Crippen LogP contribution in [0.3, 0.4) is 0 Å². The molecule has 1 aromatic rings. The summed E-state index contributed by atoms with van der Waals surface area (Å²) >= 11 is 0. The molecule has 1 aliphatic heterocycles. The van der Waals surface area contributed by atoms with Gasteiger partial charge in [0.05, 0.1) is 13.2 Å². The third-order valence-corrected chi connectivity index (χ3v) is 4.39. The van der Waals surface area contributed by atoms with Gasteiger partial charge in [-0.05, 0) is 23.0 Å². The van der Waals surface area contributed by atoms with Crippen LogP contribution < -0.4 is 4.90 Å². The topological polar surface area (TPSA) is 12.5 Å².